The van der Waals surface area contributed by atoms with E-state index in [4.69, 9.17) is 4.42 Å². The van der Waals surface area contributed by atoms with Crippen molar-refractivity contribution >= 4 is 26.7 Å². The summed E-state index contributed by atoms with van der Waals surface area (Å²) in [5.41, 5.74) is 4.91. The number of hydrogen-bond acceptors (Lipinski definition) is 5. The van der Waals surface area contributed by atoms with Gasteiger partial charge in [0.15, 0.2) is 5.65 Å². The lowest BCUT2D eigenvalue weighted by Gasteiger charge is -2.12. The number of fused-ring (bicyclic) bond motifs is 1. The van der Waals surface area contributed by atoms with Crippen LogP contribution in [0.25, 0.3) is 33.3 Å². The van der Waals surface area contributed by atoms with Crippen molar-refractivity contribution in [2.45, 2.75) is 4.90 Å². The minimum atomic E-state index is -3.81. The lowest BCUT2D eigenvalue weighted by Crippen LogP contribution is -2.12. The summed E-state index contributed by atoms with van der Waals surface area (Å²) < 4.78 is 33.3. The molecule has 0 unspecified atom stereocenters. The lowest BCUT2D eigenvalue weighted by molar-refractivity contribution is 0.568. The van der Waals surface area contributed by atoms with Crippen molar-refractivity contribution in [1.82, 2.24) is 8.96 Å². The van der Waals surface area contributed by atoms with Gasteiger partial charge in [0, 0.05) is 54.3 Å². The molecule has 32 heavy (non-hydrogen) atoms. The molecule has 5 rings (SSSR count). The van der Waals surface area contributed by atoms with Crippen LogP contribution in [0.1, 0.15) is 0 Å². The molecule has 0 radical (unpaired) electrons. The van der Waals surface area contributed by atoms with Gasteiger partial charge in [-0.15, -0.1) is 0 Å². The first-order valence-corrected chi connectivity index (χ1v) is 11.5. The summed E-state index contributed by atoms with van der Waals surface area (Å²) in [7, 11) is 0.181. The zero-order valence-corrected chi connectivity index (χ0v) is 18.5. The molecule has 0 aliphatic carbocycles. The first-order valence-electron chi connectivity index (χ1n) is 10.1. The number of nitrogens with zero attached hydrogens (tertiary/aromatic N) is 3. The fourth-order valence-electron chi connectivity index (χ4n) is 3.73. The molecule has 0 aliphatic heterocycles. The Morgan fingerprint density at radius 1 is 0.906 bits per heavy atom. The van der Waals surface area contributed by atoms with E-state index < -0.39 is 10.0 Å². The van der Waals surface area contributed by atoms with Crippen LogP contribution < -0.4 is 4.90 Å². The average molecular weight is 444 g/mol. The summed E-state index contributed by atoms with van der Waals surface area (Å²) in [6, 6.07) is 20.3. The van der Waals surface area contributed by atoms with Gasteiger partial charge >= 0.3 is 0 Å². The summed E-state index contributed by atoms with van der Waals surface area (Å²) in [5.74, 6) is 0. The smallest absolute Gasteiger partial charge is 0.269 e. The number of benzene rings is 2. The van der Waals surface area contributed by atoms with Crippen LogP contribution in [-0.2, 0) is 10.0 Å². The maximum absolute atomic E-state index is 13.4. The van der Waals surface area contributed by atoms with E-state index in [-0.39, 0.29) is 4.90 Å². The van der Waals surface area contributed by atoms with Crippen LogP contribution in [0.5, 0.6) is 0 Å². The molecule has 0 saturated heterocycles. The maximum atomic E-state index is 13.4. The number of anilines is 1. The van der Waals surface area contributed by atoms with Crippen LogP contribution in [0.3, 0.4) is 0 Å². The highest BCUT2D eigenvalue weighted by molar-refractivity contribution is 7.90. The molecule has 0 atom stereocenters. The van der Waals surface area contributed by atoms with Gasteiger partial charge < -0.3 is 9.32 Å². The minimum Gasteiger partial charge on any atom is -0.472 e. The normalized spacial score (nSPS) is 11.7. The molecular formula is C25H21N3O3S. The highest BCUT2D eigenvalue weighted by Crippen LogP contribution is 2.35. The van der Waals surface area contributed by atoms with Crippen molar-refractivity contribution in [1.29, 1.82) is 0 Å². The Hall–Kier alpha value is -3.84. The molecule has 6 nitrogen and oxygen atoms in total. The predicted molar refractivity (Wildman–Crippen MR) is 126 cm³/mol. The van der Waals surface area contributed by atoms with E-state index in [1.54, 1.807) is 55.3 Å². The second-order valence-corrected chi connectivity index (χ2v) is 9.52. The quantitative estimate of drug-likeness (QED) is 0.370. The molecular weight excluding hydrogens is 422 g/mol. The summed E-state index contributed by atoms with van der Waals surface area (Å²) in [6.07, 6.45) is 6.50. The third-order valence-corrected chi connectivity index (χ3v) is 7.13. The molecule has 3 heterocycles. The van der Waals surface area contributed by atoms with Crippen molar-refractivity contribution < 1.29 is 12.8 Å². The van der Waals surface area contributed by atoms with Crippen molar-refractivity contribution in [3.63, 3.8) is 0 Å². The Kier molecular flexibility index (Phi) is 4.83. The van der Waals surface area contributed by atoms with E-state index in [2.05, 4.69) is 4.98 Å². The van der Waals surface area contributed by atoms with Gasteiger partial charge in [-0.3, -0.25) is 0 Å². The van der Waals surface area contributed by atoms with E-state index in [0.717, 1.165) is 33.3 Å². The highest BCUT2D eigenvalue weighted by atomic mass is 32.2. The third kappa shape index (κ3) is 3.36. The fourth-order valence-corrected chi connectivity index (χ4v) is 5.07. The number of hydrogen-bond donors (Lipinski definition) is 0. The topological polar surface area (TPSA) is 68.3 Å². The first kappa shape index (κ1) is 20.1. The van der Waals surface area contributed by atoms with Gasteiger partial charge in [-0.25, -0.2) is 17.4 Å². The molecule has 7 heteroatoms. The van der Waals surface area contributed by atoms with Gasteiger partial charge in [0.1, 0.15) is 0 Å². The summed E-state index contributed by atoms with van der Waals surface area (Å²) >= 11 is 0. The van der Waals surface area contributed by atoms with Crippen LogP contribution in [0.15, 0.2) is 101 Å². The van der Waals surface area contributed by atoms with E-state index >= 15 is 0 Å². The third-order valence-electron chi connectivity index (χ3n) is 5.46. The van der Waals surface area contributed by atoms with Crippen molar-refractivity contribution in [3.8, 4) is 22.3 Å². The largest absolute Gasteiger partial charge is 0.472 e. The van der Waals surface area contributed by atoms with Crippen LogP contribution in [0.4, 0.5) is 5.69 Å². The van der Waals surface area contributed by atoms with E-state index in [0.29, 0.717) is 5.65 Å². The molecule has 3 aromatic heterocycles. The molecule has 160 valence electrons. The number of rotatable bonds is 5. The van der Waals surface area contributed by atoms with Crippen LogP contribution in [-0.4, -0.2) is 31.5 Å². The van der Waals surface area contributed by atoms with E-state index in [9.17, 15) is 8.42 Å². The SMILES string of the molecule is CN(C)c1ccc(-c2cnc3c(c2)c(-c2ccoc2)cn3S(=O)(=O)c2ccccc2)cc1. The Labute approximate surface area is 186 Å². The standard InChI is InChI=1S/C25H21N3O3S/c1-27(2)21-10-8-18(9-11-21)20-14-23-24(19-12-13-31-17-19)16-28(25(23)26-15-20)32(29,30)22-6-4-3-5-7-22/h3-17H,1-2H3. The highest BCUT2D eigenvalue weighted by Gasteiger charge is 2.23. The number of pyridine rings is 1. The minimum absolute atomic E-state index is 0.209. The Bertz CT molecular complexity index is 1490. The van der Waals surface area contributed by atoms with E-state index in [1.165, 1.54) is 3.97 Å². The second-order valence-electron chi connectivity index (χ2n) is 7.71. The zero-order chi connectivity index (χ0) is 22.3. The monoisotopic (exact) mass is 443 g/mol. The predicted octanol–water partition coefficient (Wildman–Crippen LogP) is 5.27. The van der Waals surface area contributed by atoms with Crippen molar-refractivity contribution in [2.24, 2.45) is 0 Å². The summed E-state index contributed by atoms with van der Waals surface area (Å²) in [6.45, 7) is 0. The fraction of sp³-hybridized carbons (Fsp3) is 0.0800. The number of aromatic nitrogens is 2. The summed E-state index contributed by atoms with van der Waals surface area (Å²) in [4.78, 5) is 6.83. The van der Waals surface area contributed by atoms with Gasteiger partial charge in [0.25, 0.3) is 10.0 Å². The Morgan fingerprint density at radius 2 is 1.66 bits per heavy atom. The Morgan fingerprint density at radius 3 is 2.31 bits per heavy atom. The van der Waals surface area contributed by atoms with Crippen molar-refractivity contribution in [2.75, 3.05) is 19.0 Å². The van der Waals surface area contributed by atoms with Gasteiger partial charge in [0.05, 0.1) is 17.4 Å². The maximum Gasteiger partial charge on any atom is 0.269 e. The van der Waals surface area contributed by atoms with Gasteiger partial charge in [-0.2, -0.15) is 0 Å². The second kappa shape index (κ2) is 7.69. The molecule has 2 aromatic carbocycles. The molecule has 5 aromatic rings. The van der Waals surface area contributed by atoms with Gasteiger partial charge in [0.2, 0.25) is 0 Å². The van der Waals surface area contributed by atoms with Crippen LogP contribution in [0, 0.1) is 0 Å². The molecule has 0 saturated carbocycles. The molecule has 0 bridgehead atoms. The Balaban J connectivity index is 1.71. The van der Waals surface area contributed by atoms with Crippen LogP contribution in [0.2, 0.25) is 0 Å². The number of furan rings is 1. The van der Waals surface area contributed by atoms with Gasteiger partial charge in [-0.05, 0) is 42.0 Å². The average Bonchev–Trinajstić information content (AvgIpc) is 3.47. The van der Waals surface area contributed by atoms with Crippen molar-refractivity contribution in [3.05, 3.63) is 91.7 Å². The lowest BCUT2D eigenvalue weighted by atomic mass is 10.0. The molecule has 0 fully saturated rings. The van der Waals surface area contributed by atoms with Gasteiger partial charge in [-0.1, -0.05) is 30.3 Å². The van der Waals surface area contributed by atoms with E-state index in [1.807, 2.05) is 55.4 Å². The molecule has 0 spiro atoms. The summed E-state index contributed by atoms with van der Waals surface area (Å²) in [5, 5.41) is 0.736. The zero-order valence-electron chi connectivity index (χ0n) is 17.6. The molecule has 0 N–H and O–H groups in total. The van der Waals surface area contributed by atoms with Crippen LogP contribution >= 0.6 is 0 Å². The molecule has 0 amide bonds. The molecule has 0 aliphatic rings. The first-order chi connectivity index (χ1) is 15.4.